The van der Waals surface area contributed by atoms with Gasteiger partial charge in [0.2, 0.25) is 5.88 Å². The van der Waals surface area contributed by atoms with Crippen LogP contribution in [0.15, 0.2) is 43.2 Å². The van der Waals surface area contributed by atoms with Gasteiger partial charge in [-0.25, -0.2) is 14.6 Å². The molecule has 1 fully saturated rings. The summed E-state index contributed by atoms with van der Waals surface area (Å²) in [4.78, 5) is 13.0. The number of rotatable bonds is 6. The fraction of sp³-hybridized carbons (Fsp3) is 0.316. The van der Waals surface area contributed by atoms with Crippen LogP contribution in [0.4, 0.5) is 0 Å². The Morgan fingerprint density at radius 1 is 1.21 bits per heavy atom. The normalized spacial score (nSPS) is 15.1. The van der Waals surface area contributed by atoms with Crippen LogP contribution < -0.4 is 4.74 Å². The van der Waals surface area contributed by atoms with Gasteiger partial charge in [0.15, 0.2) is 0 Å². The molecule has 0 bridgehead atoms. The van der Waals surface area contributed by atoms with E-state index in [9.17, 15) is 5.11 Å². The molecule has 142 valence electrons. The first-order valence-corrected chi connectivity index (χ1v) is 9.25. The molecule has 0 unspecified atom stereocenters. The number of ether oxygens (including phenoxy) is 1. The van der Waals surface area contributed by atoms with E-state index in [1.807, 2.05) is 17.4 Å². The van der Waals surface area contributed by atoms with Crippen LogP contribution in [-0.2, 0) is 0 Å². The van der Waals surface area contributed by atoms with Gasteiger partial charge in [0, 0.05) is 12.0 Å². The number of imidazole rings is 1. The second-order valence-corrected chi connectivity index (χ2v) is 6.77. The maximum absolute atomic E-state index is 11.1. The first-order valence-electron chi connectivity index (χ1n) is 9.25. The third-order valence-electron chi connectivity index (χ3n) is 4.82. The summed E-state index contributed by atoms with van der Waals surface area (Å²) in [5.74, 6) is 0.931. The monoisotopic (exact) mass is 377 g/mol. The van der Waals surface area contributed by atoms with Crippen LogP contribution in [0.3, 0.4) is 0 Å². The Hall–Kier alpha value is -3.33. The van der Waals surface area contributed by atoms with Crippen LogP contribution in [0.1, 0.15) is 48.9 Å². The zero-order valence-corrected chi connectivity index (χ0v) is 15.3. The molecule has 5 rings (SSSR count). The van der Waals surface area contributed by atoms with Gasteiger partial charge >= 0.3 is 0 Å². The Morgan fingerprint density at radius 2 is 2.11 bits per heavy atom. The molecule has 4 aromatic heterocycles. The standard InChI is InChI=1S/C19H19N7O2/c1-2-28-16-6-5-13(8-21-16)26-10-15(23-24-26)19(27)18-17(12-3-4-12)22-9-14-7-20-11-25(14)18/h5-12,19,27H,2-4H2,1H3/t19-/m0/s1. The van der Waals surface area contributed by atoms with Crippen LogP contribution in [0.25, 0.3) is 11.2 Å². The minimum Gasteiger partial charge on any atom is -0.478 e. The van der Waals surface area contributed by atoms with Crippen LogP contribution in [-0.4, -0.2) is 46.1 Å². The van der Waals surface area contributed by atoms with E-state index in [0.717, 1.165) is 29.7 Å². The fourth-order valence-corrected chi connectivity index (χ4v) is 3.28. The SMILES string of the molecule is CCOc1ccc(-n2cc([C@H](O)c3c(C4CC4)ncc4cncn34)nn2)cn1. The van der Waals surface area contributed by atoms with E-state index in [2.05, 4.69) is 25.3 Å². The quantitative estimate of drug-likeness (QED) is 0.548. The second kappa shape index (κ2) is 6.68. The molecule has 28 heavy (non-hydrogen) atoms. The number of hydrogen-bond donors (Lipinski definition) is 1. The number of pyridine rings is 1. The average Bonchev–Trinajstić information content (AvgIpc) is 3.25. The number of hydrogen-bond acceptors (Lipinski definition) is 7. The lowest BCUT2D eigenvalue weighted by Crippen LogP contribution is -2.11. The van der Waals surface area contributed by atoms with Crippen molar-refractivity contribution >= 4 is 5.52 Å². The summed E-state index contributed by atoms with van der Waals surface area (Å²) in [5.41, 5.74) is 3.61. The second-order valence-electron chi connectivity index (χ2n) is 6.77. The van der Waals surface area contributed by atoms with E-state index in [1.54, 1.807) is 41.9 Å². The van der Waals surface area contributed by atoms with Gasteiger partial charge in [0.05, 0.1) is 60.3 Å². The lowest BCUT2D eigenvalue weighted by molar-refractivity contribution is 0.206. The molecule has 1 atom stereocenters. The first-order chi connectivity index (χ1) is 13.7. The lowest BCUT2D eigenvalue weighted by atomic mass is 10.1. The predicted molar refractivity (Wildman–Crippen MR) is 99.3 cm³/mol. The van der Waals surface area contributed by atoms with Gasteiger partial charge < -0.3 is 9.84 Å². The Balaban J connectivity index is 1.50. The summed E-state index contributed by atoms with van der Waals surface area (Å²) >= 11 is 0. The van der Waals surface area contributed by atoms with Crippen molar-refractivity contribution in [2.45, 2.75) is 31.8 Å². The smallest absolute Gasteiger partial charge is 0.213 e. The van der Waals surface area contributed by atoms with Gasteiger partial charge in [-0.1, -0.05) is 5.21 Å². The zero-order chi connectivity index (χ0) is 19.1. The van der Waals surface area contributed by atoms with E-state index in [1.165, 1.54) is 0 Å². The Kier molecular flexibility index (Phi) is 4.01. The number of fused-ring (bicyclic) bond motifs is 1. The average molecular weight is 377 g/mol. The van der Waals surface area contributed by atoms with Crippen molar-refractivity contribution in [1.82, 2.24) is 34.3 Å². The highest BCUT2D eigenvalue weighted by molar-refractivity contribution is 5.47. The minimum absolute atomic E-state index is 0.377. The summed E-state index contributed by atoms with van der Waals surface area (Å²) in [6.07, 6.45) is 9.78. The third kappa shape index (κ3) is 2.89. The molecular weight excluding hydrogens is 358 g/mol. The topological polar surface area (TPSA) is 103 Å². The number of aromatic nitrogens is 7. The van der Waals surface area contributed by atoms with Gasteiger partial charge in [-0.15, -0.1) is 5.10 Å². The molecule has 1 aliphatic carbocycles. The molecule has 0 spiro atoms. The Morgan fingerprint density at radius 3 is 2.86 bits per heavy atom. The zero-order valence-electron chi connectivity index (χ0n) is 15.3. The third-order valence-corrected chi connectivity index (χ3v) is 4.82. The van der Waals surface area contributed by atoms with Crippen LogP contribution >= 0.6 is 0 Å². The maximum atomic E-state index is 11.1. The van der Waals surface area contributed by atoms with E-state index in [-0.39, 0.29) is 0 Å². The van der Waals surface area contributed by atoms with E-state index in [0.29, 0.717) is 29.8 Å². The molecule has 4 heterocycles. The summed E-state index contributed by atoms with van der Waals surface area (Å²) in [5, 5.41) is 19.4. The van der Waals surface area contributed by atoms with Crippen molar-refractivity contribution in [3.63, 3.8) is 0 Å². The first kappa shape index (κ1) is 16.8. The molecule has 0 amide bonds. The van der Waals surface area contributed by atoms with E-state index >= 15 is 0 Å². The number of nitrogens with zero attached hydrogens (tertiary/aromatic N) is 7. The summed E-state index contributed by atoms with van der Waals surface area (Å²) in [6, 6.07) is 3.62. The molecule has 9 heteroatoms. The van der Waals surface area contributed by atoms with Crippen molar-refractivity contribution in [2.24, 2.45) is 0 Å². The molecule has 0 aliphatic heterocycles. The number of aliphatic hydroxyl groups is 1. The molecule has 0 aromatic carbocycles. The Labute approximate surface area is 160 Å². The van der Waals surface area contributed by atoms with E-state index in [4.69, 9.17) is 4.74 Å². The summed E-state index contributed by atoms with van der Waals surface area (Å²) in [6.45, 7) is 2.47. The van der Waals surface area contributed by atoms with Crippen molar-refractivity contribution in [3.05, 3.63) is 60.3 Å². The maximum Gasteiger partial charge on any atom is 0.213 e. The fourth-order valence-electron chi connectivity index (χ4n) is 3.28. The molecule has 0 radical (unpaired) electrons. The van der Waals surface area contributed by atoms with Gasteiger partial charge in [0.1, 0.15) is 11.8 Å². The molecular formula is C19H19N7O2. The minimum atomic E-state index is -0.953. The molecule has 9 nitrogen and oxygen atoms in total. The van der Waals surface area contributed by atoms with Gasteiger partial charge in [-0.2, -0.15) is 0 Å². The summed E-state index contributed by atoms with van der Waals surface area (Å²) in [7, 11) is 0. The van der Waals surface area contributed by atoms with Crippen LogP contribution in [0.2, 0.25) is 0 Å². The van der Waals surface area contributed by atoms with Crippen molar-refractivity contribution in [3.8, 4) is 11.6 Å². The highest BCUT2D eigenvalue weighted by Gasteiger charge is 2.32. The predicted octanol–water partition coefficient (Wildman–Crippen LogP) is 2.06. The van der Waals surface area contributed by atoms with Crippen LogP contribution in [0, 0.1) is 0 Å². The lowest BCUT2D eigenvalue weighted by Gasteiger charge is -2.15. The van der Waals surface area contributed by atoms with Gasteiger partial charge in [-0.05, 0) is 25.8 Å². The van der Waals surface area contributed by atoms with Crippen molar-refractivity contribution in [1.29, 1.82) is 0 Å². The highest BCUT2D eigenvalue weighted by Crippen LogP contribution is 2.42. The number of aliphatic hydroxyl groups excluding tert-OH is 1. The largest absolute Gasteiger partial charge is 0.478 e. The van der Waals surface area contributed by atoms with Gasteiger partial charge in [-0.3, -0.25) is 9.38 Å². The highest BCUT2D eigenvalue weighted by atomic mass is 16.5. The molecule has 4 aromatic rings. The van der Waals surface area contributed by atoms with Gasteiger partial charge in [0.25, 0.3) is 0 Å². The molecule has 1 aliphatic rings. The Bertz CT molecular complexity index is 1110. The molecule has 1 N–H and O–H groups in total. The van der Waals surface area contributed by atoms with E-state index < -0.39 is 6.10 Å². The molecule has 0 saturated heterocycles. The summed E-state index contributed by atoms with van der Waals surface area (Å²) < 4.78 is 8.82. The van der Waals surface area contributed by atoms with Crippen molar-refractivity contribution < 1.29 is 9.84 Å². The van der Waals surface area contributed by atoms with Crippen LogP contribution in [0.5, 0.6) is 5.88 Å². The van der Waals surface area contributed by atoms with Crippen molar-refractivity contribution in [2.75, 3.05) is 6.61 Å². The molecule has 1 saturated carbocycles.